The van der Waals surface area contributed by atoms with Crippen molar-refractivity contribution in [3.8, 4) is 0 Å². The zero-order valence-corrected chi connectivity index (χ0v) is 14.1. The Morgan fingerprint density at radius 1 is 1.33 bits per heavy atom. The van der Waals surface area contributed by atoms with Gasteiger partial charge < -0.3 is 31.7 Å². The van der Waals surface area contributed by atoms with Gasteiger partial charge in [-0.2, -0.15) is 0 Å². The summed E-state index contributed by atoms with van der Waals surface area (Å²) in [5, 5.41) is 20.9. The predicted octanol–water partition coefficient (Wildman–Crippen LogP) is -1.55. The van der Waals surface area contributed by atoms with Crippen molar-refractivity contribution in [2.75, 3.05) is 36.4 Å². The van der Waals surface area contributed by atoms with Gasteiger partial charge in [0.2, 0.25) is 0 Å². The summed E-state index contributed by atoms with van der Waals surface area (Å²) in [6.07, 6.45) is 2.42. The average molecular weight is 338 g/mol. The quantitative estimate of drug-likeness (QED) is 0.207. The van der Waals surface area contributed by atoms with E-state index in [9.17, 15) is 9.59 Å². The largest absolute Gasteiger partial charge is 0.451 e. The highest BCUT2D eigenvalue weighted by Crippen LogP contribution is 2.34. The van der Waals surface area contributed by atoms with Gasteiger partial charge in [0.1, 0.15) is 11.4 Å². The zero-order valence-electron chi connectivity index (χ0n) is 14.1. The van der Waals surface area contributed by atoms with Gasteiger partial charge in [0, 0.05) is 25.2 Å². The molecule has 0 bridgehead atoms. The van der Waals surface area contributed by atoms with Crippen LogP contribution in [0, 0.1) is 5.92 Å². The highest BCUT2D eigenvalue weighted by molar-refractivity contribution is 6.40. The van der Waals surface area contributed by atoms with Crippen LogP contribution in [0.5, 0.6) is 0 Å². The molecular formula is C15H27BN4O4. The Hall–Kier alpha value is -1.42. The molecule has 1 saturated heterocycles. The lowest BCUT2D eigenvalue weighted by molar-refractivity contribution is 0.343. The molecule has 134 valence electrons. The Kier molecular flexibility index (Phi) is 6.03. The fourth-order valence-corrected chi connectivity index (χ4v) is 3.38. The Bertz CT molecular complexity index is 627. The number of anilines is 2. The second-order valence-electron chi connectivity index (χ2n) is 6.95. The van der Waals surface area contributed by atoms with Gasteiger partial charge in [0.25, 0.3) is 10.9 Å². The van der Waals surface area contributed by atoms with Crippen LogP contribution in [0.4, 0.5) is 11.4 Å². The topological polar surface area (TPSA) is 142 Å². The van der Waals surface area contributed by atoms with Gasteiger partial charge in [0.05, 0.1) is 0 Å². The van der Waals surface area contributed by atoms with Crippen LogP contribution >= 0.6 is 0 Å². The molecule has 2 rings (SSSR count). The Labute approximate surface area is 141 Å². The van der Waals surface area contributed by atoms with E-state index in [4.69, 9.17) is 21.5 Å². The van der Waals surface area contributed by atoms with Gasteiger partial charge in [-0.1, -0.05) is 6.42 Å². The maximum absolute atomic E-state index is 12.0. The highest BCUT2D eigenvalue weighted by atomic mass is 16.4. The van der Waals surface area contributed by atoms with Crippen LogP contribution in [-0.2, 0) is 0 Å². The van der Waals surface area contributed by atoms with Crippen LogP contribution in [0.25, 0.3) is 0 Å². The summed E-state index contributed by atoms with van der Waals surface area (Å²) >= 11 is 0. The zero-order chi connectivity index (χ0) is 17.9. The first-order valence-corrected chi connectivity index (χ1v) is 8.45. The molecule has 0 spiro atoms. The summed E-state index contributed by atoms with van der Waals surface area (Å²) in [6.45, 7) is 4.09. The van der Waals surface area contributed by atoms with Crippen molar-refractivity contribution in [3.05, 3.63) is 20.4 Å². The molecular weight excluding hydrogens is 311 g/mol. The molecule has 0 unspecified atom stereocenters. The van der Waals surface area contributed by atoms with Gasteiger partial charge in [-0.3, -0.25) is 9.59 Å². The lowest BCUT2D eigenvalue weighted by atomic mass is 9.79. The van der Waals surface area contributed by atoms with Crippen molar-refractivity contribution in [1.29, 1.82) is 0 Å². The van der Waals surface area contributed by atoms with Gasteiger partial charge in [0.15, 0.2) is 0 Å². The normalized spacial score (nSPS) is 23.9. The average Bonchev–Trinajstić information content (AvgIpc) is 2.80. The SMILES string of the molecule is C[C@]1(N)CN(c2c(NCCCN)c(=O)c2=O)C[C@@H]1CCCB(O)O. The van der Waals surface area contributed by atoms with Gasteiger partial charge >= 0.3 is 7.12 Å². The molecule has 2 atom stereocenters. The molecule has 7 N–H and O–H groups in total. The third-order valence-electron chi connectivity index (χ3n) is 4.80. The maximum atomic E-state index is 12.0. The lowest BCUT2D eigenvalue weighted by Crippen LogP contribution is -2.46. The minimum absolute atomic E-state index is 0.123. The lowest BCUT2D eigenvalue weighted by Gasteiger charge is -2.26. The highest BCUT2D eigenvalue weighted by Gasteiger charge is 2.42. The molecule has 9 heteroatoms. The summed E-state index contributed by atoms with van der Waals surface area (Å²) in [5.41, 5.74) is 11.2. The van der Waals surface area contributed by atoms with E-state index in [0.717, 1.165) is 12.8 Å². The number of rotatable bonds is 9. The summed E-state index contributed by atoms with van der Waals surface area (Å²) in [6, 6.07) is 0. The number of hydrogen-bond donors (Lipinski definition) is 5. The number of hydrogen-bond acceptors (Lipinski definition) is 8. The van der Waals surface area contributed by atoms with Crippen molar-refractivity contribution >= 4 is 18.5 Å². The van der Waals surface area contributed by atoms with Gasteiger partial charge in [-0.25, -0.2) is 0 Å². The molecule has 24 heavy (non-hydrogen) atoms. The molecule has 1 fully saturated rings. The summed E-state index contributed by atoms with van der Waals surface area (Å²) in [7, 11) is -1.31. The molecule has 1 aliphatic rings. The fraction of sp³-hybridized carbons (Fsp3) is 0.733. The van der Waals surface area contributed by atoms with E-state index in [1.165, 1.54) is 0 Å². The first kappa shape index (κ1) is 18.9. The third kappa shape index (κ3) is 3.97. The number of nitrogens with zero attached hydrogens (tertiary/aromatic N) is 1. The van der Waals surface area contributed by atoms with Crippen LogP contribution in [0.3, 0.4) is 0 Å². The van der Waals surface area contributed by atoms with Gasteiger partial charge in [-0.15, -0.1) is 0 Å². The standard InChI is InChI=1S/C15H27BN4O4/c1-15(18)9-20(8-10(15)4-2-5-16(23)24)12-11(13(21)14(12)22)19-7-3-6-17/h10,19,23-24H,2-9,17-18H2,1H3/t10-,15-/m0/s1. The van der Waals surface area contributed by atoms with Gasteiger partial charge in [-0.05, 0) is 38.5 Å². The molecule has 1 aliphatic heterocycles. The second-order valence-corrected chi connectivity index (χ2v) is 6.95. The summed E-state index contributed by atoms with van der Waals surface area (Å²) < 4.78 is 0. The fourth-order valence-electron chi connectivity index (χ4n) is 3.38. The monoisotopic (exact) mass is 338 g/mol. The molecule has 1 aromatic rings. The maximum Gasteiger partial charge on any atom is 0.451 e. The first-order chi connectivity index (χ1) is 11.3. The van der Waals surface area contributed by atoms with E-state index in [-0.39, 0.29) is 5.92 Å². The second kappa shape index (κ2) is 7.65. The van der Waals surface area contributed by atoms with E-state index in [2.05, 4.69) is 5.32 Å². The smallest absolute Gasteiger partial charge is 0.427 e. The van der Waals surface area contributed by atoms with Crippen LogP contribution in [0.15, 0.2) is 9.59 Å². The number of nitrogens with one attached hydrogen (secondary N) is 1. The molecule has 1 heterocycles. The molecule has 8 nitrogen and oxygen atoms in total. The summed E-state index contributed by atoms with van der Waals surface area (Å²) in [4.78, 5) is 25.7. The Balaban J connectivity index is 2.04. The van der Waals surface area contributed by atoms with Crippen LogP contribution in [0.2, 0.25) is 6.32 Å². The number of nitrogens with two attached hydrogens (primary N) is 2. The van der Waals surface area contributed by atoms with Crippen molar-refractivity contribution in [1.82, 2.24) is 0 Å². The van der Waals surface area contributed by atoms with Crippen molar-refractivity contribution in [2.24, 2.45) is 17.4 Å². The summed E-state index contributed by atoms with van der Waals surface area (Å²) in [5.74, 6) is 0.123. The van der Waals surface area contributed by atoms with E-state index >= 15 is 0 Å². The molecule has 0 aromatic heterocycles. The Morgan fingerprint density at radius 2 is 2.04 bits per heavy atom. The first-order valence-electron chi connectivity index (χ1n) is 8.45. The van der Waals surface area contributed by atoms with E-state index in [1.807, 2.05) is 11.8 Å². The molecule has 0 radical (unpaired) electrons. The Morgan fingerprint density at radius 3 is 2.67 bits per heavy atom. The minimum atomic E-state index is -1.31. The van der Waals surface area contributed by atoms with Crippen LogP contribution in [0.1, 0.15) is 26.2 Å². The van der Waals surface area contributed by atoms with E-state index in [0.29, 0.717) is 50.3 Å². The van der Waals surface area contributed by atoms with Crippen molar-refractivity contribution in [3.63, 3.8) is 0 Å². The molecule has 0 amide bonds. The third-order valence-corrected chi connectivity index (χ3v) is 4.80. The van der Waals surface area contributed by atoms with Crippen molar-refractivity contribution < 1.29 is 10.0 Å². The van der Waals surface area contributed by atoms with Crippen LogP contribution < -0.4 is 32.5 Å². The molecule has 0 aliphatic carbocycles. The molecule has 1 aromatic carbocycles. The molecule has 0 saturated carbocycles. The minimum Gasteiger partial charge on any atom is -0.427 e. The van der Waals surface area contributed by atoms with E-state index in [1.54, 1.807) is 0 Å². The van der Waals surface area contributed by atoms with E-state index < -0.39 is 23.5 Å². The van der Waals surface area contributed by atoms with Crippen LogP contribution in [-0.4, -0.2) is 48.9 Å². The van der Waals surface area contributed by atoms with Crippen molar-refractivity contribution in [2.45, 2.75) is 38.0 Å². The predicted molar refractivity (Wildman–Crippen MR) is 96.0 cm³/mol.